The number of amides is 2. The van der Waals surface area contributed by atoms with E-state index in [9.17, 15) is 9.59 Å². The van der Waals surface area contributed by atoms with E-state index in [0.717, 1.165) is 44.9 Å². The van der Waals surface area contributed by atoms with E-state index in [1.807, 2.05) is 18.7 Å². The molecule has 0 aromatic carbocycles. The second-order valence-electron chi connectivity index (χ2n) is 6.15. The van der Waals surface area contributed by atoms with Crippen LogP contribution in [0.25, 0.3) is 0 Å². The highest BCUT2D eigenvalue weighted by atomic mass is 127. The van der Waals surface area contributed by atoms with Crippen molar-refractivity contribution in [2.24, 2.45) is 10.9 Å². The summed E-state index contributed by atoms with van der Waals surface area (Å²) in [6, 6.07) is 0.240. The number of nitrogens with zero attached hydrogens (tertiary/aromatic N) is 2. The average molecular weight is 451 g/mol. The van der Waals surface area contributed by atoms with Crippen molar-refractivity contribution in [2.75, 3.05) is 32.7 Å². The number of hydrogen-bond donors (Lipinski definition) is 3. The molecule has 3 N–H and O–H groups in total. The van der Waals surface area contributed by atoms with Crippen molar-refractivity contribution in [3.63, 3.8) is 0 Å². The van der Waals surface area contributed by atoms with Gasteiger partial charge in [-0.3, -0.25) is 14.6 Å². The molecule has 24 heavy (non-hydrogen) atoms. The molecule has 8 heteroatoms. The zero-order valence-electron chi connectivity index (χ0n) is 14.6. The topological polar surface area (TPSA) is 85.8 Å². The summed E-state index contributed by atoms with van der Waals surface area (Å²) in [5.74, 6) is 1.36. The van der Waals surface area contributed by atoms with Gasteiger partial charge in [-0.15, -0.1) is 24.0 Å². The smallest absolute Gasteiger partial charge is 0.223 e. The quantitative estimate of drug-likeness (QED) is 0.230. The predicted molar refractivity (Wildman–Crippen MR) is 106 cm³/mol. The highest BCUT2D eigenvalue weighted by molar-refractivity contribution is 14.0. The zero-order valence-corrected chi connectivity index (χ0v) is 17.0. The highest BCUT2D eigenvalue weighted by Gasteiger charge is 2.29. The minimum absolute atomic E-state index is 0. The molecule has 1 saturated carbocycles. The van der Waals surface area contributed by atoms with E-state index < -0.39 is 0 Å². The lowest BCUT2D eigenvalue weighted by Gasteiger charge is -2.18. The summed E-state index contributed by atoms with van der Waals surface area (Å²) in [5.41, 5.74) is 0. The van der Waals surface area contributed by atoms with Crippen LogP contribution in [-0.4, -0.2) is 61.4 Å². The molecular weight excluding hydrogens is 421 g/mol. The molecule has 0 aromatic rings. The van der Waals surface area contributed by atoms with Gasteiger partial charge >= 0.3 is 0 Å². The first-order valence-electron chi connectivity index (χ1n) is 8.74. The van der Waals surface area contributed by atoms with Crippen molar-refractivity contribution >= 4 is 41.8 Å². The average Bonchev–Trinajstić information content (AvgIpc) is 3.30. The van der Waals surface area contributed by atoms with Gasteiger partial charge in [0.2, 0.25) is 11.8 Å². The standard InChI is InChI=1S/C16H29N5O2.HI/c1-3-14(22)21-10-7-13(11-21)20-16(17-4-2)19-9-8-18-15(23)12-5-6-12;/h12-13H,3-11H2,1-2H3,(H,18,23)(H2,17,19,20);1H. The third kappa shape index (κ3) is 6.82. The van der Waals surface area contributed by atoms with Crippen LogP contribution in [0.4, 0.5) is 0 Å². The van der Waals surface area contributed by atoms with Crippen molar-refractivity contribution in [2.45, 2.75) is 45.6 Å². The van der Waals surface area contributed by atoms with Gasteiger partial charge in [-0.05, 0) is 26.2 Å². The van der Waals surface area contributed by atoms with Gasteiger partial charge in [0, 0.05) is 44.6 Å². The number of rotatable bonds is 7. The van der Waals surface area contributed by atoms with Gasteiger partial charge in [-0.25, -0.2) is 0 Å². The maximum Gasteiger partial charge on any atom is 0.223 e. The molecule has 7 nitrogen and oxygen atoms in total. The number of carbonyl (C=O) groups excluding carboxylic acids is 2. The van der Waals surface area contributed by atoms with Crippen molar-refractivity contribution in [3.05, 3.63) is 0 Å². The van der Waals surface area contributed by atoms with E-state index >= 15 is 0 Å². The maximum atomic E-state index is 11.7. The molecule has 1 unspecified atom stereocenters. The van der Waals surface area contributed by atoms with Crippen LogP contribution in [0.3, 0.4) is 0 Å². The number of likely N-dealkylation sites (tertiary alicyclic amines) is 1. The fourth-order valence-corrected chi connectivity index (χ4v) is 2.68. The number of guanidine groups is 1. The Hall–Kier alpha value is -1.06. The third-order valence-corrected chi connectivity index (χ3v) is 4.16. The molecule has 1 atom stereocenters. The number of halogens is 1. The minimum Gasteiger partial charge on any atom is -0.357 e. The van der Waals surface area contributed by atoms with Gasteiger partial charge in [-0.2, -0.15) is 0 Å². The molecule has 0 radical (unpaired) electrons. The normalized spacial score (nSPS) is 20.3. The largest absolute Gasteiger partial charge is 0.357 e. The number of aliphatic imine (C=N–C) groups is 1. The molecule has 1 aliphatic heterocycles. The third-order valence-electron chi connectivity index (χ3n) is 4.16. The van der Waals surface area contributed by atoms with Crippen molar-refractivity contribution in [1.29, 1.82) is 0 Å². The second-order valence-corrected chi connectivity index (χ2v) is 6.15. The molecule has 1 aliphatic carbocycles. The summed E-state index contributed by atoms with van der Waals surface area (Å²) in [6.45, 7) is 7.36. The minimum atomic E-state index is 0. The van der Waals surface area contributed by atoms with Gasteiger partial charge in [0.1, 0.15) is 0 Å². The highest BCUT2D eigenvalue weighted by Crippen LogP contribution is 2.28. The fourth-order valence-electron chi connectivity index (χ4n) is 2.68. The molecule has 0 aromatic heterocycles. The van der Waals surface area contributed by atoms with E-state index in [0.29, 0.717) is 19.5 Å². The van der Waals surface area contributed by atoms with E-state index in [-0.39, 0.29) is 47.8 Å². The van der Waals surface area contributed by atoms with E-state index in [4.69, 9.17) is 0 Å². The predicted octanol–water partition coefficient (Wildman–Crippen LogP) is 0.697. The van der Waals surface area contributed by atoms with Crippen LogP contribution in [0.1, 0.15) is 39.5 Å². The summed E-state index contributed by atoms with van der Waals surface area (Å²) >= 11 is 0. The Balaban J connectivity index is 0.00000288. The van der Waals surface area contributed by atoms with Gasteiger partial charge < -0.3 is 20.9 Å². The molecule has 138 valence electrons. The molecular formula is C16H30IN5O2. The zero-order chi connectivity index (χ0) is 16.7. The van der Waals surface area contributed by atoms with Crippen LogP contribution < -0.4 is 16.0 Å². The molecule has 2 amide bonds. The Morgan fingerprint density at radius 1 is 1.17 bits per heavy atom. The molecule has 2 fully saturated rings. The SMILES string of the molecule is CCNC(=NCCNC(=O)C1CC1)NC1CCN(C(=O)CC)C1.I. The lowest BCUT2D eigenvalue weighted by atomic mass is 10.3. The summed E-state index contributed by atoms with van der Waals surface area (Å²) in [4.78, 5) is 29.7. The lowest BCUT2D eigenvalue weighted by Crippen LogP contribution is -2.45. The van der Waals surface area contributed by atoms with Crippen LogP contribution in [-0.2, 0) is 9.59 Å². The number of nitrogens with one attached hydrogen (secondary N) is 3. The Morgan fingerprint density at radius 3 is 2.54 bits per heavy atom. The van der Waals surface area contributed by atoms with Gasteiger partial charge in [0.15, 0.2) is 5.96 Å². The first kappa shape index (κ1) is 21.0. The number of hydrogen-bond acceptors (Lipinski definition) is 3. The first-order valence-corrected chi connectivity index (χ1v) is 8.74. The van der Waals surface area contributed by atoms with E-state index in [2.05, 4.69) is 20.9 Å². The van der Waals surface area contributed by atoms with Crippen LogP contribution in [0.2, 0.25) is 0 Å². The Bertz CT molecular complexity index is 454. The lowest BCUT2D eigenvalue weighted by molar-refractivity contribution is -0.129. The van der Waals surface area contributed by atoms with Crippen LogP contribution in [0, 0.1) is 5.92 Å². The maximum absolute atomic E-state index is 11.7. The summed E-state index contributed by atoms with van der Waals surface area (Å²) in [5, 5.41) is 9.51. The van der Waals surface area contributed by atoms with Gasteiger partial charge in [0.05, 0.1) is 6.54 Å². The van der Waals surface area contributed by atoms with Crippen LogP contribution in [0.5, 0.6) is 0 Å². The Morgan fingerprint density at radius 2 is 1.92 bits per heavy atom. The van der Waals surface area contributed by atoms with Crippen LogP contribution >= 0.6 is 24.0 Å². The first-order chi connectivity index (χ1) is 11.1. The molecule has 2 rings (SSSR count). The van der Waals surface area contributed by atoms with Gasteiger partial charge in [0.25, 0.3) is 0 Å². The van der Waals surface area contributed by atoms with Gasteiger partial charge in [-0.1, -0.05) is 6.92 Å². The van der Waals surface area contributed by atoms with Crippen molar-refractivity contribution in [1.82, 2.24) is 20.9 Å². The summed E-state index contributed by atoms with van der Waals surface area (Å²) < 4.78 is 0. The molecule has 1 saturated heterocycles. The van der Waals surface area contributed by atoms with Crippen molar-refractivity contribution < 1.29 is 9.59 Å². The molecule has 1 heterocycles. The molecule has 0 spiro atoms. The summed E-state index contributed by atoms with van der Waals surface area (Å²) in [6.07, 6.45) is 3.54. The van der Waals surface area contributed by atoms with Crippen molar-refractivity contribution in [3.8, 4) is 0 Å². The number of carbonyl (C=O) groups is 2. The fraction of sp³-hybridized carbons (Fsp3) is 0.812. The van der Waals surface area contributed by atoms with E-state index in [1.54, 1.807) is 0 Å². The molecule has 0 bridgehead atoms. The second kappa shape index (κ2) is 10.7. The molecule has 2 aliphatic rings. The Kier molecular flexibility index (Phi) is 9.38. The van der Waals surface area contributed by atoms with E-state index in [1.165, 1.54) is 0 Å². The monoisotopic (exact) mass is 451 g/mol. The van der Waals surface area contributed by atoms with Crippen LogP contribution in [0.15, 0.2) is 4.99 Å². The summed E-state index contributed by atoms with van der Waals surface area (Å²) in [7, 11) is 0. The Labute approximate surface area is 161 Å².